The molecule has 0 fully saturated rings. The smallest absolute Gasteiger partial charge is 0.243 e. The number of carbonyl (C=O) groups excluding carboxylic acids is 2. The lowest BCUT2D eigenvalue weighted by molar-refractivity contribution is -0.139. The van der Waals surface area contributed by atoms with Crippen molar-refractivity contribution in [3.05, 3.63) is 89.9 Å². The van der Waals surface area contributed by atoms with Crippen LogP contribution in [0.2, 0.25) is 0 Å². The molecule has 3 aromatic rings. The first-order chi connectivity index (χ1) is 14.6. The van der Waals surface area contributed by atoms with Gasteiger partial charge in [-0.15, -0.1) is 0 Å². The number of carbonyl (C=O) groups is 2. The van der Waals surface area contributed by atoms with Gasteiger partial charge in [0.2, 0.25) is 11.8 Å². The van der Waals surface area contributed by atoms with Crippen LogP contribution in [0.5, 0.6) is 5.75 Å². The lowest BCUT2D eigenvalue weighted by atomic mass is 10.0. The minimum atomic E-state index is -0.651. The number of hydrogen-bond donors (Lipinski definition) is 1. The van der Waals surface area contributed by atoms with Crippen molar-refractivity contribution in [1.82, 2.24) is 10.2 Å². The van der Waals surface area contributed by atoms with E-state index >= 15 is 0 Å². The maximum absolute atomic E-state index is 13.1. The highest BCUT2D eigenvalue weighted by Gasteiger charge is 2.28. The largest absolute Gasteiger partial charge is 0.497 e. The molecule has 1 atom stereocenters. The molecule has 0 spiro atoms. The number of furan rings is 1. The van der Waals surface area contributed by atoms with E-state index in [9.17, 15) is 9.59 Å². The maximum Gasteiger partial charge on any atom is 0.243 e. The van der Waals surface area contributed by atoms with Gasteiger partial charge in [0, 0.05) is 19.9 Å². The van der Waals surface area contributed by atoms with E-state index in [-0.39, 0.29) is 18.4 Å². The van der Waals surface area contributed by atoms with Crippen LogP contribution in [0, 0.1) is 0 Å². The molecule has 3 rings (SSSR count). The molecule has 6 nitrogen and oxygen atoms in total. The molecular formula is C24H26N2O4. The van der Waals surface area contributed by atoms with Gasteiger partial charge in [-0.05, 0) is 35.4 Å². The first-order valence-corrected chi connectivity index (χ1v) is 9.81. The van der Waals surface area contributed by atoms with Crippen LogP contribution in [-0.2, 0) is 29.1 Å². The van der Waals surface area contributed by atoms with E-state index in [2.05, 4.69) is 5.32 Å². The molecule has 0 aliphatic rings. The molecule has 0 saturated carbocycles. The van der Waals surface area contributed by atoms with E-state index in [1.807, 2.05) is 54.6 Å². The normalized spacial score (nSPS) is 11.5. The van der Waals surface area contributed by atoms with Gasteiger partial charge in [-0.3, -0.25) is 9.59 Å². The van der Waals surface area contributed by atoms with Gasteiger partial charge in [-0.1, -0.05) is 42.5 Å². The second-order valence-electron chi connectivity index (χ2n) is 7.00. The number of nitrogens with zero attached hydrogens (tertiary/aromatic N) is 1. The average Bonchev–Trinajstić information content (AvgIpc) is 3.29. The number of benzene rings is 2. The van der Waals surface area contributed by atoms with Crippen LogP contribution >= 0.6 is 0 Å². The number of ether oxygens (including phenoxy) is 1. The zero-order valence-corrected chi connectivity index (χ0v) is 17.2. The molecule has 156 valence electrons. The summed E-state index contributed by atoms with van der Waals surface area (Å²) >= 11 is 0. The molecule has 0 saturated heterocycles. The molecular weight excluding hydrogens is 380 g/mol. The second kappa shape index (κ2) is 10.3. The number of methoxy groups -OCH3 is 1. The third-order valence-corrected chi connectivity index (χ3v) is 4.88. The van der Waals surface area contributed by atoms with Gasteiger partial charge in [0.25, 0.3) is 0 Å². The number of nitrogens with one attached hydrogen (secondary N) is 1. The fraction of sp³-hybridized carbons (Fsp3) is 0.250. The summed E-state index contributed by atoms with van der Waals surface area (Å²) in [4.78, 5) is 27.3. The highest BCUT2D eigenvalue weighted by Crippen LogP contribution is 2.17. The molecule has 1 heterocycles. The molecule has 0 aliphatic carbocycles. The Morgan fingerprint density at radius 1 is 1.00 bits per heavy atom. The van der Waals surface area contributed by atoms with Crippen molar-refractivity contribution >= 4 is 11.8 Å². The maximum atomic E-state index is 13.1. The van der Waals surface area contributed by atoms with Gasteiger partial charge >= 0.3 is 0 Å². The molecule has 1 unspecified atom stereocenters. The summed E-state index contributed by atoms with van der Waals surface area (Å²) < 4.78 is 10.5. The van der Waals surface area contributed by atoms with Crippen molar-refractivity contribution in [2.45, 2.75) is 32.5 Å². The molecule has 2 amide bonds. The SMILES string of the molecule is COc1ccc(CN(C(C)=O)C(Cc2ccccc2)C(=O)NCc2ccco2)cc1. The van der Waals surface area contributed by atoms with E-state index < -0.39 is 6.04 Å². The molecule has 1 aromatic heterocycles. The van der Waals surface area contributed by atoms with Crippen LogP contribution in [-0.4, -0.2) is 29.9 Å². The fourth-order valence-electron chi connectivity index (χ4n) is 3.26. The van der Waals surface area contributed by atoms with Gasteiger partial charge in [-0.25, -0.2) is 0 Å². The second-order valence-corrected chi connectivity index (χ2v) is 7.00. The molecule has 2 aromatic carbocycles. The predicted molar refractivity (Wildman–Crippen MR) is 114 cm³/mol. The highest BCUT2D eigenvalue weighted by molar-refractivity contribution is 5.87. The molecule has 1 N–H and O–H groups in total. The molecule has 0 bridgehead atoms. The lowest BCUT2D eigenvalue weighted by Crippen LogP contribution is -2.49. The van der Waals surface area contributed by atoms with Crippen LogP contribution in [0.1, 0.15) is 23.8 Å². The standard InChI is InChI=1S/C24H26N2O4/c1-18(27)26(17-20-10-12-21(29-2)13-11-20)23(15-19-7-4-3-5-8-19)24(28)25-16-22-9-6-14-30-22/h3-14,23H,15-17H2,1-2H3,(H,25,28). The quantitative estimate of drug-likeness (QED) is 0.590. The fourth-order valence-corrected chi connectivity index (χ4v) is 3.26. The zero-order chi connectivity index (χ0) is 21.3. The third-order valence-electron chi connectivity index (χ3n) is 4.88. The summed E-state index contributed by atoms with van der Waals surface area (Å²) in [5, 5.41) is 2.90. The zero-order valence-electron chi connectivity index (χ0n) is 17.2. The van der Waals surface area contributed by atoms with Crippen molar-refractivity contribution in [3.63, 3.8) is 0 Å². The van der Waals surface area contributed by atoms with E-state index in [4.69, 9.17) is 9.15 Å². The molecule has 0 radical (unpaired) electrons. The predicted octanol–water partition coefficient (Wildman–Crippen LogP) is 3.56. The Labute approximate surface area is 176 Å². The van der Waals surface area contributed by atoms with Crippen molar-refractivity contribution in [2.24, 2.45) is 0 Å². The van der Waals surface area contributed by atoms with Gasteiger partial charge < -0.3 is 19.4 Å². The Morgan fingerprint density at radius 3 is 2.33 bits per heavy atom. The first-order valence-electron chi connectivity index (χ1n) is 9.81. The Balaban J connectivity index is 1.81. The third kappa shape index (κ3) is 5.73. The van der Waals surface area contributed by atoms with Crippen molar-refractivity contribution < 1.29 is 18.7 Å². The summed E-state index contributed by atoms with van der Waals surface area (Å²) in [5.74, 6) is 1.01. The summed E-state index contributed by atoms with van der Waals surface area (Å²) in [6.45, 7) is 2.08. The summed E-state index contributed by atoms with van der Waals surface area (Å²) in [5.41, 5.74) is 1.90. The lowest BCUT2D eigenvalue weighted by Gasteiger charge is -2.30. The van der Waals surface area contributed by atoms with Crippen molar-refractivity contribution in [3.8, 4) is 5.75 Å². The molecule has 0 aliphatic heterocycles. The van der Waals surface area contributed by atoms with Gasteiger partial charge in [0.15, 0.2) is 0 Å². The Hall–Kier alpha value is -3.54. The van der Waals surface area contributed by atoms with E-state index in [0.717, 1.165) is 16.9 Å². The monoisotopic (exact) mass is 406 g/mol. The van der Waals surface area contributed by atoms with Gasteiger partial charge in [0.05, 0.1) is 19.9 Å². The minimum absolute atomic E-state index is 0.167. The number of amides is 2. The minimum Gasteiger partial charge on any atom is -0.497 e. The molecule has 30 heavy (non-hydrogen) atoms. The Morgan fingerprint density at radius 2 is 1.73 bits per heavy atom. The number of rotatable bonds is 9. The van der Waals surface area contributed by atoms with Crippen LogP contribution < -0.4 is 10.1 Å². The van der Waals surface area contributed by atoms with Crippen LogP contribution in [0.25, 0.3) is 0 Å². The summed E-state index contributed by atoms with van der Waals surface area (Å²) in [6.07, 6.45) is 1.98. The molecule has 6 heteroatoms. The van der Waals surface area contributed by atoms with E-state index in [1.165, 1.54) is 6.92 Å². The highest BCUT2D eigenvalue weighted by atomic mass is 16.5. The first kappa shape index (κ1) is 21.2. The van der Waals surface area contributed by atoms with Crippen molar-refractivity contribution in [1.29, 1.82) is 0 Å². The van der Waals surface area contributed by atoms with Crippen molar-refractivity contribution in [2.75, 3.05) is 7.11 Å². The van der Waals surface area contributed by atoms with Gasteiger partial charge in [0.1, 0.15) is 17.6 Å². The van der Waals surface area contributed by atoms with Crippen LogP contribution in [0.4, 0.5) is 0 Å². The summed E-state index contributed by atoms with van der Waals surface area (Å²) in [6, 6.07) is 20.1. The Kier molecular flexibility index (Phi) is 7.27. The topological polar surface area (TPSA) is 71.8 Å². The van der Waals surface area contributed by atoms with Crippen LogP contribution in [0.15, 0.2) is 77.4 Å². The van der Waals surface area contributed by atoms with E-state index in [1.54, 1.807) is 30.4 Å². The average molecular weight is 406 g/mol. The Bertz CT molecular complexity index is 937. The van der Waals surface area contributed by atoms with Crippen LogP contribution in [0.3, 0.4) is 0 Å². The number of hydrogen-bond acceptors (Lipinski definition) is 4. The van der Waals surface area contributed by atoms with E-state index in [0.29, 0.717) is 18.7 Å². The summed E-state index contributed by atoms with van der Waals surface area (Å²) in [7, 11) is 1.61. The van der Waals surface area contributed by atoms with Gasteiger partial charge in [-0.2, -0.15) is 0 Å².